The van der Waals surface area contributed by atoms with E-state index >= 15 is 0 Å². The molecule has 1 N–H and O–H groups in total. The fourth-order valence-corrected chi connectivity index (χ4v) is 3.44. The van der Waals surface area contributed by atoms with Crippen LogP contribution in [0.3, 0.4) is 0 Å². The van der Waals surface area contributed by atoms with Crippen molar-refractivity contribution in [3.8, 4) is 0 Å². The monoisotopic (exact) mass is 215 g/mol. The molecule has 3 nitrogen and oxygen atoms in total. The van der Waals surface area contributed by atoms with E-state index in [-0.39, 0.29) is 5.92 Å². The standard InChI is InChI=1S/C10H17NO2S/c1-7-6-14-5-4-11(7)9-3-2-8(9)10(12)13/h7-9H,2-6H2,1H3,(H,12,13). The zero-order chi connectivity index (χ0) is 10.1. The summed E-state index contributed by atoms with van der Waals surface area (Å²) in [6.07, 6.45) is 1.95. The summed E-state index contributed by atoms with van der Waals surface area (Å²) in [6.45, 7) is 3.28. The lowest BCUT2D eigenvalue weighted by Crippen LogP contribution is -2.56. The Morgan fingerprint density at radius 3 is 2.79 bits per heavy atom. The molecular weight excluding hydrogens is 198 g/mol. The molecular formula is C10H17NO2S. The second kappa shape index (κ2) is 4.11. The van der Waals surface area contributed by atoms with Crippen LogP contribution in [0.25, 0.3) is 0 Å². The van der Waals surface area contributed by atoms with Crippen molar-refractivity contribution in [3.63, 3.8) is 0 Å². The SMILES string of the molecule is CC1CSCCN1C1CCC1C(=O)O. The Balaban J connectivity index is 1.96. The molecule has 14 heavy (non-hydrogen) atoms. The van der Waals surface area contributed by atoms with E-state index in [1.807, 2.05) is 11.8 Å². The van der Waals surface area contributed by atoms with Crippen molar-refractivity contribution in [2.75, 3.05) is 18.1 Å². The summed E-state index contributed by atoms with van der Waals surface area (Å²) in [4.78, 5) is 13.3. The van der Waals surface area contributed by atoms with Crippen LogP contribution < -0.4 is 0 Å². The minimum atomic E-state index is -0.605. The molecule has 2 rings (SSSR count). The second-order valence-electron chi connectivity index (χ2n) is 4.25. The highest BCUT2D eigenvalue weighted by Crippen LogP contribution is 2.35. The highest BCUT2D eigenvalue weighted by molar-refractivity contribution is 7.99. The van der Waals surface area contributed by atoms with Crippen molar-refractivity contribution < 1.29 is 9.90 Å². The fraction of sp³-hybridized carbons (Fsp3) is 0.900. The molecule has 1 heterocycles. The first-order chi connectivity index (χ1) is 6.70. The first-order valence-corrected chi connectivity index (χ1v) is 6.42. The van der Waals surface area contributed by atoms with Gasteiger partial charge in [-0.05, 0) is 19.8 Å². The molecule has 0 spiro atoms. The molecule has 0 aromatic heterocycles. The predicted octanol–water partition coefficient (Wildman–Crippen LogP) is 1.29. The van der Waals surface area contributed by atoms with Crippen LogP contribution in [0.1, 0.15) is 19.8 Å². The third-order valence-electron chi connectivity index (χ3n) is 3.40. The zero-order valence-corrected chi connectivity index (χ0v) is 9.30. The number of rotatable bonds is 2. The Bertz CT molecular complexity index is 234. The van der Waals surface area contributed by atoms with Gasteiger partial charge >= 0.3 is 5.97 Å². The molecule has 2 fully saturated rings. The largest absolute Gasteiger partial charge is 0.481 e. The van der Waals surface area contributed by atoms with Crippen molar-refractivity contribution in [1.29, 1.82) is 0 Å². The van der Waals surface area contributed by atoms with Gasteiger partial charge in [0.15, 0.2) is 0 Å². The number of carbonyl (C=O) groups is 1. The minimum absolute atomic E-state index is 0.0967. The number of carboxylic acids is 1. The molecule has 3 unspecified atom stereocenters. The number of nitrogens with zero attached hydrogens (tertiary/aromatic N) is 1. The normalized spacial score (nSPS) is 39.1. The van der Waals surface area contributed by atoms with Crippen LogP contribution in [0, 0.1) is 5.92 Å². The first kappa shape index (κ1) is 10.3. The molecule has 0 aromatic carbocycles. The van der Waals surface area contributed by atoms with Crippen LogP contribution in [0.2, 0.25) is 0 Å². The Morgan fingerprint density at radius 1 is 1.50 bits per heavy atom. The maximum Gasteiger partial charge on any atom is 0.308 e. The molecule has 2 aliphatic rings. The van der Waals surface area contributed by atoms with Crippen LogP contribution in [-0.2, 0) is 4.79 Å². The molecule has 1 aliphatic heterocycles. The molecule has 0 amide bonds. The quantitative estimate of drug-likeness (QED) is 0.753. The van der Waals surface area contributed by atoms with Gasteiger partial charge in [-0.2, -0.15) is 11.8 Å². The van der Waals surface area contributed by atoms with E-state index < -0.39 is 5.97 Å². The summed E-state index contributed by atoms with van der Waals surface area (Å²) in [6, 6.07) is 0.879. The molecule has 4 heteroatoms. The van der Waals surface area contributed by atoms with E-state index in [4.69, 9.17) is 5.11 Å². The zero-order valence-electron chi connectivity index (χ0n) is 8.48. The van der Waals surface area contributed by atoms with Gasteiger partial charge in [-0.25, -0.2) is 0 Å². The predicted molar refractivity (Wildman–Crippen MR) is 57.6 cm³/mol. The van der Waals surface area contributed by atoms with E-state index in [0.717, 1.165) is 30.9 Å². The van der Waals surface area contributed by atoms with Gasteiger partial charge in [0, 0.05) is 30.1 Å². The summed E-state index contributed by atoms with van der Waals surface area (Å²) in [5.74, 6) is 1.61. The number of hydrogen-bond donors (Lipinski definition) is 1. The third-order valence-corrected chi connectivity index (χ3v) is 4.59. The highest BCUT2D eigenvalue weighted by Gasteiger charge is 2.42. The van der Waals surface area contributed by atoms with E-state index in [0.29, 0.717) is 12.1 Å². The molecule has 1 saturated carbocycles. The third kappa shape index (κ3) is 1.77. The molecule has 0 bridgehead atoms. The Kier molecular flexibility index (Phi) is 3.02. The average Bonchev–Trinajstić information content (AvgIpc) is 2.05. The Hall–Kier alpha value is -0.220. The summed E-state index contributed by atoms with van der Waals surface area (Å²) in [5, 5.41) is 8.99. The second-order valence-corrected chi connectivity index (χ2v) is 5.40. The van der Waals surface area contributed by atoms with E-state index in [2.05, 4.69) is 11.8 Å². The van der Waals surface area contributed by atoms with Gasteiger partial charge in [-0.15, -0.1) is 0 Å². The van der Waals surface area contributed by atoms with E-state index in [1.165, 1.54) is 0 Å². The molecule has 1 saturated heterocycles. The van der Waals surface area contributed by atoms with Crippen molar-refractivity contribution in [2.45, 2.75) is 31.8 Å². The van der Waals surface area contributed by atoms with Crippen LogP contribution in [-0.4, -0.2) is 46.1 Å². The number of hydrogen-bond acceptors (Lipinski definition) is 3. The van der Waals surface area contributed by atoms with Crippen LogP contribution >= 0.6 is 11.8 Å². The van der Waals surface area contributed by atoms with Crippen molar-refractivity contribution >= 4 is 17.7 Å². The van der Waals surface area contributed by atoms with E-state index in [9.17, 15) is 4.79 Å². The molecule has 0 aromatic rings. The lowest BCUT2D eigenvalue weighted by molar-refractivity contribution is -0.149. The summed E-state index contributed by atoms with van der Waals surface area (Å²) in [5.41, 5.74) is 0. The van der Waals surface area contributed by atoms with Gasteiger partial charge in [0.05, 0.1) is 5.92 Å². The van der Waals surface area contributed by atoms with Crippen LogP contribution in [0.5, 0.6) is 0 Å². The smallest absolute Gasteiger partial charge is 0.308 e. The molecule has 80 valence electrons. The van der Waals surface area contributed by atoms with Crippen LogP contribution in [0.15, 0.2) is 0 Å². The number of thioether (sulfide) groups is 1. The maximum atomic E-state index is 10.9. The highest BCUT2D eigenvalue weighted by atomic mass is 32.2. The van der Waals surface area contributed by atoms with Crippen molar-refractivity contribution in [1.82, 2.24) is 4.90 Å². The van der Waals surface area contributed by atoms with Gasteiger partial charge < -0.3 is 5.11 Å². The molecule has 1 aliphatic carbocycles. The van der Waals surface area contributed by atoms with Gasteiger partial charge in [0.2, 0.25) is 0 Å². The number of aliphatic carboxylic acids is 1. The Morgan fingerprint density at radius 2 is 2.29 bits per heavy atom. The van der Waals surface area contributed by atoms with Gasteiger partial charge in [-0.3, -0.25) is 9.69 Å². The summed E-state index contributed by atoms with van der Waals surface area (Å²) < 4.78 is 0. The Labute approximate surface area is 88.9 Å². The van der Waals surface area contributed by atoms with Crippen molar-refractivity contribution in [2.24, 2.45) is 5.92 Å². The summed E-state index contributed by atoms with van der Waals surface area (Å²) >= 11 is 1.98. The lowest BCUT2D eigenvalue weighted by Gasteiger charge is -2.46. The van der Waals surface area contributed by atoms with Gasteiger partial charge in [0.25, 0.3) is 0 Å². The number of carboxylic acid groups (broad SMARTS) is 1. The van der Waals surface area contributed by atoms with Gasteiger partial charge in [0.1, 0.15) is 0 Å². The van der Waals surface area contributed by atoms with Gasteiger partial charge in [-0.1, -0.05) is 0 Å². The minimum Gasteiger partial charge on any atom is -0.481 e. The first-order valence-electron chi connectivity index (χ1n) is 5.26. The maximum absolute atomic E-state index is 10.9. The van der Waals surface area contributed by atoms with Crippen molar-refractivity contribution in [3.05, 3.63) is 0 Å². The van der Waals surface area contributed by atoms with E-state index in [1.54, 1.807) is 0 Å². The lowest BCUT2D eigenvalue weighted by atomic mass is 9.78. The fourth-order valence-electron chi connectivity index (χ4n) is 2.40. The van der Waals surface area contributed by atoms with Crippen LogP contribution in [0.4, 0.5) is 0 Å². The molecule has 3 atom stereocenters. The average molecular weight is 215 g/mol. The molecule has 0 radical (unpaired) electrons. The topological polar surface area (TPSA) is 40.5 Å². The summed E-state index contributed by atoms with van der Waals surface area (Å²) in [7, 11) is 0.